The van der Waals surface area contributed by atoms with E-state index in [1.54, 1.807) is 6.07 Å². The van der Waals surface area contributed by atoms with Crippen LogP contribution in [0.3, 0.4) is 0 Å². The molecule has 1 N–H and O–H groups in total. The summed E-state index contributed by atoms with van der Waals surface area (Å²) in [6, 6.07) is 5.79. The second-order valence-electron chi connectivity index (χ2n) is 2.64. The van der Waals surface area contributed by atoms with Gasteiger partial charge in [0, 0.05) is 12.2 Å². The van der Waals surface area contributed by atoms with Crippen LogP contribution in [0.15, 0.2) is 12.1 Å². The fraction of sp³-hybridized carbons (Fsp3) is 0.333. The first kappa shape index (κ1) is 8.69. The van der Waals surface area contributed by atoms with Crippen LogP contribution in [0.4, 0.5) is 0 Å². The summed E-state index contributed by atoms with van der Waals surface area (Å²) < 4.78 is 0. The second-order valence-corrected chi connectivity index (χ2v) is 2.64. The standard InChI is InChI=1S/C9H11N3/c1-7-3-8(6-11-2)4-9(5-10)12-7/h3-4,11H,6H2,1-2H3. The third kappa shape index (κ3) is 2.04. The highest BCUT2D eigenvalue weighted by atomic mass is 14.8. The molecule has 1 aromatic heterocycles. The molecular formula is C9H11N3. The van der Waals surface area contributed by atoms with Gasteiger partial charge in [-0.2, -0.15) is 5.26 Å². The van der Waals surface area contributed by atoms with Crippen molar-refractivity contribution in [2.75, 3.05) is 7.05 Å². The van der Waals surface area contributed by atoms with E-state index in [1.165, 1.54) is 0 Å². The largest absolute Gasteiger partial charge is 0.316 e. The molecule has 1 heterocycles. The lowest BCUT2D eigenvalue weighted by Gasteiger charge is -2.01. The molecule has 0 atom stereocenters. The molecule has 1 aromatic rings. The first-order valence-electron chi connectivity index (χ1n) is 3.78. The molecule has 0 aliphatic carbocycles. The average Bonchev–Trinajstić information content (AvgIpc) is 2.04. The highest BCUT2D eigenvalue weighted by molar-refractivity contribution is 5.28. The maximum Gasteiger partial charge on any atom is 0.141 e. The van der Waals surface area contributed by atoms with Crippen LogP contribution in [0.25, 0.3) is 0 Å². The van der Waals surface area contributed by atoms with Gasteiger partial charge in [0.05, 0.1) is 0 Å². The van der Waals surface area contributed by atoms with Crippen LogP contribution in [0.1, 0.15) is 17.0 Å². The summed E-state index contributed by atoms with van der Waals surface area (Å²) in [6.45, 7) is 2.66. The molecule has 0 amide bonds. The highest BCUT2D eigenvalue weighted by Gasteiger charge is 1.97. The summed E-state index contributed by atoms with van der Waals surface area (Å²) in [5.74, 6) is 0. The van der Waals surface area contributed by atoms with Gasteiger partial charge in [-0.1, -0.05) is 0 Å². The van der Waals surface area contributed by atoms with Crippen LogP contribution in [-0.4, -0.2) is 12.0 Å². The molecule has 0 bridgehead atoms. The summed E-state index contributed by atoms with van der Waals surface area (Å²) in [4.78, 5) is 4.05. The topological polar surface area (TPSA) is 48.7 Å². The van der Waals surface area contributed by atoms with Crippen molar-refractivity contribution in [1.29, 1.82) is 5.26 Å². The summed E-state index contributed by atoms with van der Waals surface area (Å²) in [5, 5.41) is 11.6. The number of hydrogen-bond acceptors (Lipinski definition) is 3. The number of aryl methyl sites for hydroxylation is 1. The van der Waals surface area contributed by atoms with Crippen molar-refractivity contribution in [2.45, 2.75) is 13.5 Å². The van der Waals surface area contributed by atoms with Crippen LogP contribution in [0, 0.1) is 18.3 Å². The van der Waals surface area contributed by atoms with E-state index >= 15 is 0 Å². The summed E-state index contributed by atoms with van der Waals surface area (Å²) >= 11 is 0. The van der Waals surface area contributed by atoms with Gasteiger partial charge in [0.2, 0.25) is 0 Å². The van der Waals surface area contributed by atoms with E-state index in [9.17, 15) is 0 Å². The van der Waals surface area contributed by atoms with Crippen molar-refractivity contribution >= 4 is 0 Å². The molecule has 0 aromatic carbocycles. The van der Waals surface area contributed by atoms with Crippen molar-refractivity contribution in [2.24, 2.45) is 0 Å². The second kappa shape index (κ2) is 3.84. The minimum Gasteiger partial charge on any atom is -0.316 e. The molecule has 0 saturated carbocycles. The normalized spacial score (nSPS) is 9.42. The van der Waals surface area contributed by atoms with E-state index in [1.807, 2.05) is 26.1 Å². The molecule has 0 fully saturated rings. The maximum atomic E-state index is 8.62. The zero-order valence-corrected chi connectivity index (χ0v) is 7.26. The molecule has 0 unspecified atom stereocenters. The number of nitrogens with one attached hydrogen (secondary N) is 1. The molecule has 62 valence electrons. The van der Waals surface area contributed by atoms with Crippen LogP contribution in [0.2, 0.25) is 0 Å². The maximum absolute atomic E-state index is 8.62. The number of nitrogens with zero attached hydrogens (tertiary/aromatic N) is 2. The van der Waals surface area contributed by atoms with Crippen LogP contribution < -0.4 is 5.32 Å². The van der Waals surface area contributed by atoms with Gasteiger partial charge in [0.15, 0.2) is 0 Å². The van der Waals surface area contributed by atoms with E-state index in [-0.39, 0.29) is 0 Å². The van der Waals surface area contributed by atoms with Gasteiger partial charge in [0.25, 0.3) is 0 Å². The zero-order chi connectivity index (χ0) is 8.97. The first-order valence-corrected chi connectivity index (χ1v) is 3.78. The molecule has 0 spiro atoms. The van der Waals surface area contributed by atoms with E-state index in [0.717, 1.165) is 17.8 Å². The van der Waals surface area contributed by atoms with Gasteiger partial charge in [-0.15, -0.1) is 0 Å². The van der Waals surface area contributed by atoms with Crippen molar-refractivity contribution in [3.8, 4) is 6.07 Å². The minimum atomic E-state index is 0.486. The van der Waals surface area contributed by atoms with Gasteiger partial charge >= 0.3 is 0 Å². The molecule has 0 radical (unpaired) electrons. The summed E-state index contributed by atoms with van der Waals surface area (Å²) in [5.41, 5.74) is 2.47. The molecule has 12 heavy (non-hydrogen) atoms. The van der Waals surface area contributed by atoms with Gasteiger partial charge in [0.1, 0.15) is 11.8 Å². The van der Waals surface area contributed by atoms with Gasteiger partial charge in [-0.3, -0.25) is 0 Å². The quantitative estimate of drug-likeness (QED) is 0.703. The third-order valence-electron chi connectivity index (χ3n) is 1.51. The molecule has 1 rings (SSSR count). The van der Waals surface area contributed by atoms with E-state index in [2.05, 4.69) is 10.3 Å². The SMILES string of the molecule is CNCc1cc(C)nc(C#N)c1. The Morgan fingerprint density at radius 1 is 1.58 bits per heavy atom. The van der Waals surface area contributed by atoms with Crippen molar-refractivity contribution in [1.82, 2.24) is 10.3 Å². The van der Waals surface area contributed by atoms with Crippen LogP contribution in [0.5, 0.6) is 0 Å². The lowest BCUT2D eigenvalue weighted by Crippen LogP contribution is -2.06. The fourth-order valence-electron chi connectivity index (χ4n) is 1.10. The Balaban J connectivity index is 3.00. The van der Waals surface area contributed by atoms with Crippen molar-refractivity contribution in [3.63, 3.8) is 0 Å². The first-order chi connectivity index (χ1) is 5.76. The Bertz CT molecular complexity index is 312. The van der Waals surface area contributed by atoms with Crippen molar-refractivity contribution in [3.05, 3.63) is 29.1 Å². The van der Waals surface area contributed by atoms with Crippen LogP contribution >= 0.6 is 0 Å². The molecule has 3 heteroatoms. The Labute approximate surface area is 72.1 Å². The lowest BCUT2D eigenvalue weighted by molar-refractivity contribution is 0.813. The van der Waals surface area contributed by atoms with E-state index in [4.69, 9.17) is 5.26 Å². The number of hydrogen-bond donors (Lipinski definition) is 1. The number of nitriles is 1. The summed E-state index contributed by atoms with van der Waals surface area (Å²) in [7, 11) is 1.88. The van der Waals surface area contributed by atoms with E-state index in [0.29, 0.717) is 5.69 Å². The van der Waals surface area contributed by atoms with Gasteiger partial charge < -0.3 is 5.32 Å². The fourth-order valence-corrected chi connectivity index (χ4v) is 1.10. The number of aromatic nitrogens is 1. The third-order valence-corrected chi connectivity index (χ3v) is 1.51. The minimum absolute atomic E-state index is 0.486. The molecule has 0 saturated heterocycles. The Kier molecular flexibility index (Phi) is 2.78. The monoisotopic (exact) mass is 161 g/mol. The predicted octanol–water partition coefficient (Wildman–Crippen LogP) is 0.981. The number of pyridine rings is 1. The van der Waals surface area contributed by atoms with E-state index < -0.39 is 0 Å². The summed E-state index contributed by atoms with van der Waals surface area (Å²) in [6.07, 6.45) is 0. The predicted molar refractivity (Wildman–Crippen MR) is 46.5 cm³/mol. The Morgan fingerprint density at radius 2 is 2.33 bits per heavy atom. The molecular weight excluding hydrogens is 150 g/mol. The zero-order valence-electron chi connectivity index (χ0n) is 7.26. The lowest BCUT2D eigenvalue weighted by atomic mass is 10.2. The highest BCUT2D eigenvalue weighted by Crippen LogP contribution is 2.04. The van der Waals surface area contributed by atoms with Gasteiger partial charge in [-0.05, 0) is 31.7 Å². The van der Waals surface area contributed by atoms with Crippen molar-refractivity contribution < 1.29 is 0 Å². The Hall–Kier alpha value is -1.40. The van der Waals surface area contributed by atoms with Crippen LogP contribution in [-0.2, 0) is 6.54 Å². The molecule has 3 nitrogen and oxygen atoms in total. The Morgan fingerprint density at radius 3 is 2.92 bits per heavy atom. The molecule has 0 aliphatic rings. The average molecular weight is 161 g/mol. The smallest absolute Gasteiger partial charge is 0.141 e. The van der Waals surface area contributed by atoms with Gasteiger partial charge in [-0.25, -0.2) is 4.98 Å². The molecule has 0 aliphatic heterocycles. The number of rotatable bonds is 2.